The lowest BCUT2D eigenvalue weighted by atomic mass is 9.93. The molecule has 0 aliphatic carbocycles. The minimum atomic E-state index is 0.105. The SMILES string of the molecule is CCCC(C)NC(=O)CN1CCC(C(=O)N2CCc3ccccc3C2)CC1. The average molecular weight is 372 g/mol. The van der Waals surface area contributed by atoms with E-state index in [1.807, 2.05) is 4.90 Å². The number of hydrogen-bond acceptors (Lipinski definition) is 3. The first kappa shape index (κ1) is 19.9. The number of rotatable bonds is 6. The van der Waals surface area contributed by atoms with E-state index in [9.17, 15) is 9.59 Å². The van der Waals surface area contributed by atoms with Crippen LogP contribution < -0.4 is 5.32 Å². The van der Waals surface area contributed by atoms with Gasteiger partial charge >= 0.3 is 0 Å². The Kier molecular flexibility index (Phi) is 6.89. The van der Waals surface area contributed by atoms with Gasteiger partial charge in [-0.1, -0.05) is 37.6 Å². The number of carbonyl (C=O) groups excluding carboxylic acids is 2. The number of nitrogens with one attached hydrogen (secondary N) is 1. The fraction of sp³-hybridized carbons (Fsp3) is 0.636. The first-order valence-electron chi connectivity index (χ1n) is 10.4. The van der Waals surface area contributed by atoms with Gasteiger partial charge in [0.25, 0.3) is 0 Å². The van der Waals surface area contributed by atoms with Crippen molar-refractivity contribution in [3.05, 3.63) is 35.4 Å². The standard InChI is InChI=1S/C22H33N3O2/c1-3-6-17(2)23-21(26)16-24-12-9-19(10-13-24)22(27)25-14-11-18-7-4-5-8-20(18)15-25/h4-5,7-8,17,19H,3,6,9-16H2,1-2H3,(H,23,26). The van der Waals surface area contributed by atoms with Gasteiger partial charge < -0.3 is 10.2 Å². The van der Waals surface area contributed by atoms with E-state index < -0.39 is 0 Å². The predicted octanol–water partition coefficient (Wildman–Crippen LogP) is 2.59. The molecule has 2 aliphatic rings. The van der Waals surface area contributed by atoms with Crippen molar-refractivity contribution < 1.29 is 9.59 Å². The zero-order valence-corrected chi connectivity index (χ0v) is 16.7. The highest BCUT2D eigenvalue weighted by Gasteiger charge is 2.30. The van der Waals surface area contributed by atoms with Gasteiger partial charge in [-0.15, -0.1) is 0 Å². The Bertz CT molecular complexity index is 653. The molecule has 1 aromatic rings. The van der Waals surface area contributed by atoms with Crippen LogP contribution in [-0.2, 0) is 22.6 Å². The third-order valence-electron chi connectivity index (χ3n) is 5.88. The molecule has 0 aromatic heterocycles. The number of piperidine rings is 1. The Hall–Kier alpha value is -1.88. The van der Waals surface area contributed by atoms with Gasteiger partial charge in [0.15, 0.2) is 0 Å². The summed E-state index contributed by atoms with van der Waals surface area (Å²) in [6.45, 7) is 7.87. The third kappa shape index (κ3) is 5.32. The molecule has 1 aromatic carbocycles. The lowest BCUT2D eigenvalue weighted by molar-refractivity contribution is -0.138. The Morgan fingerprint density at radius 3 is 2.56 bits per heavy atom. The summed E-state index contributed by atoms with van der Waals surface area (Å²) in [5.41, 5.74) is 2.66. The molecule has 1 atom stereocenters. The van der Waals surface area contributed by atoms with Crippen LogP contribution in [0.3, 0.4) is 0 Å². The van der Waals surface area contributed by atoms with E-state index in [0.29, 0.717) is 12.5 Å². The molecule has 27 heavy (non-hydrogen) atoms. The lowest BCUT2D eigenvalue weighted by Crippen LogP contribution is -2.47. The Morgan fingerprint density at radius 1 is 1.15 bits per heavy atom. The summed E-state index contributed by atoms with van der Waals surface area (Å²) in [5.74, 6) is 0.507. The highest BCUT2D eigenvalue weighted by atomic mass is 16.2. The maximum absolute atomic E-state index is 12.9. The van der Waals surface area contributed by atoms with Gasteiger partial charge in [-0.3, -0.25) is 14.5 Å². The molecule has 1 N–H and O–H groups in total. The van der Waals surface area contributed by atoms with Crippen molar-refractivity contribution in [1.29, 1.82) is 0 Å². The normalized spacial score (nSPS) is 19.4. The number of amides is 2. The van der Waals surface area contributed by atoms with Crippen molar-refractivity contribution in [3.8, 4) is 0 Å². The van der Waals surface area contributed by atoms with Gasteiger partial charge in [-0.25, -0.2) is 0 Å². The van der Waals surface area contributed by atoms with Crippen LogP contribution >= 0.6 is 0 Å². The van der Waals surface area contributed by atoms with Crippen LogP contribution in [0.25, 0.3) is 0 Å². The lowest BCUT2D eigenvalue weighted by Gasteiger charge is -2.36. The number of hydrogen-bond donors (Lipinski definition) is 1. The van der Waals surface area contributed by atoms with Gasteiger partial charge in [-0.05, 0) is 56.8 Å². The fourth-order valence-electron chi connectivity index (χ4n) is 4.31. The van der Waals surface area contributed by atoms with Crippen molar-refractivity contribution in [2.75, 3.05) is 26.2 Å². The van der Waals surface area contributed by atoms with Gasteiger partial charge in [-0.2, -0.15) is 0 Å². The second-order valence-corrected chi connectivity index (χ2v) is 8.09. The molecule has 1 unspecified atom stereocenters. The molecule has 5 nitrogen and oxygen atoms in total. The first-order valence-corrected chi connectivity index (χ1v) is 10.4. The third-order valence-corrected chi connectivity index (χ3v) is 5.88. The van der Waals surface area contributed by atoms with E-state index in [1.165, 1.54) is 11.1 Å². The number of fused-ring (bicyclic) bond motifs is 1. The zero-order chi connectivity index (χ0) is 19.2. The molecule has 0 spiro atoms. The largest absolute Gasteiger partial charge is 0.353 e. The molecule has 3 rings (SSSR count). The highest BCUT2D eigenvalue weighted by Crippen LogP contribution is 2.24. The van der Waals surface area contributed by atoms with E-state index in [-0.39, 0.29) is 17.9 Å². The van der Waals surface area contributed by atoms with Crippen molar-refractivity contribution >= 4 is 11.8 Å². The van der Waals surface area contributed by atoms with Crippen LogP contribution in [-0.4, -0.2) is 53.8 Å². The minimum Gasteiger partial charge on any atom is -0.353 e. The van der Waals surface area contributed by atoms with Gasteiger partial charge in [0.1, 0.15) is 0 Å². The molecule has 2 amide bonds. The second kappa shape index (κ2) is 9.36. The average Bonchev–Trinajstić information content (AvgIpc) is 2.67. The quantitative estimate of drug-likeness (QED) is 0.836. The van der Waals surface area contributed by atoms with E-state index >= 15 is 0 Å². The van der Waals surface area contributed by atoms with Crippen LogP contribution in [0.4, 0.5) is 0 Å². The molecule has 2 aliphatic heterocycles. The number of likely N-dealkylation sites (tertiary alicyclic amines) is 1. The van der Waals surface area contributed by atoms with E-state index in [2.05, 4.69) is 48.3 Å². The first-order chi connectivity index (χ1) is 13.1. The molecule has 2 heterocycles. The fourth-order valence-corrected chi connectivity index (χ4v) is 4.31. The molecule has 0 saturated carbocycles. The van der Waals surface area contributed by atoms with Crippen molar-refractivity contribution in [3.63, 3.8) is 0 Å². The Balaban J connectivity index is 1.44. The summed E-state index contributed by atoms with van der Waals surface area (Å²) in [4.78, 5) is 29.3. The monoisotopic (exact) mass is 371 g/mol. The van der Waals surface area contributed by atoms with Gasteiger partial charge in [0, 0.05) is 25.0 Å². The van der Waals surface area contributed by atoms with Crippen LogP contribution in [0.2, 0.25) is 0 Å². The van der Waals surface area contributed by atoms with Gasteiger partial charge in [0.05, 0.1) is 6.54 Å². The summed E-state index contributed by atoms with van der Waals surface area (Å²) in [6, 6.07) is 8.67. The van der Waals surface area contributed by atoms with Crippen molar-refractivity contribution in [1.82, 2.24) is 15.1 Å². The molecule has 0 radical (unpaired) electrons. The topological polar surface area (TPSA) is 52.7 Å². The van der Waals surface area contributed by atoms with Crippen molar-refractivity contribution in [2.24, 2.45) is 5.92 Å². The smallest absolute Gasteiger partial charge is 0.234 e. The Morgan fingerprint density at radius 2 is 1.85 bits per heavy atom. The number of benzene rings is 1. The van der Waals surface area contributed by atoms with Crippen LogP contribution in [0.15, 0.2) is 24.3 Å². The molecular formula is C22H33N3O2. The molecule has 1 fully saturated rings. The maximum Gasteiger partial charge on any atom is 0.234 e. The zero-order valence-electron chi connectivity index (χ0n) is 16.7. The predicted molar refractivity (Wildman–Crippen MR) is 107 cm³/mol. The number of nitrogens with zero attached hydrogens (tertiary/aromatic N) is 2. The van der Waals surface area contributed by atoms with E-state index in [4.69, 9.17) is 0 Å². The maximum atomic E-state index is 12.9. The molecule has 1 saturated heterocycles. The molecule has 148 valence electrons. The highest BCUT2D eigenvalue weighted by molar-refractivity contribution is 5.80. The summed E-state index contributed by atoms with van der Waals surface area (Å²) < 4.78 is 0. The summed E-state index contributed by atoms with van der Waals surface area (Å²) >= 11 is 0. The summed E-state index contributed by atoms with van der Waals surface area (Å²) in [5, 5.41) is 3.07. The molecule has 0 bridgehead atoms. The molecule has 5 heteroatoms. The minimum absolute atomic E-state index is 0.105. The van der Waals surface area contributed by atoms with Gasteiger partial charge in [0.2, 0.25) is 11.8 Å². The second-order valence-electron chi connectivity index (χ2n) is 8.09. The van der Waals surface area contributed by atoms with E-state index in [0.717, 1.165) is 58.3 Å². The Labute approximate surface area is 163 Å². The van der Waals surface area contributed by atoms with E-state index in [1.54, 1.807) is 0 Å². The van der Waals surface area contributed by atoms with Crippen molar-refractivity contribution in [2.45, 2.75) is 58.5 Å². The summed E-state index contributed by atoms with van der Waals surface area (Å²) in [7, 11) is 0. The van der Waals surface area contributed by atoms with Crippen LogP contribution in [0.1, 0.15) is 50.7 Å². The summed E-state index contributed by atoms with van der Waals surface area (Å²) in [6.07, 6.45) is 4.76. The van der Waals surface area contributed by atoms with Crippen LogP contribution in [0, 0.1) is 5.92 Å². The van der Waals surface area contributed by atoms with Crippen LogP contribution in [0.5, 0.6) is 0 Å². The number of carbonyl (C=O) groups is 2. The molecular weight excluding hydrogens is 338 g/mol.